The molecule has 0 amide bonds. The molecule has 0 spiro atoms. The van der Waals surface area contributed by atoms with E-state index in [-0.39, 0.29) is 0 Å². The van der Waals surface area contributed by atoms with E-state index < -0.39 is 0 Å². The lowest BCUT2D eigenvalue weighted by Crippen LogP contribution is -2.36. The van der Waals surface area contributed by atoms with Gasteiger partial charge in [-0.3, -0.25) is 0 Å². The summed E-state index contributed by atoms with van der Waals surface area (Å²) in [6, 6.07) is 16.8. The van der Waals surface area contributed by atoms with Gasteiger partial charge in [-0.05, 0) is 82.5 Å². The Balaban J connectivity index is 1.30. The van der Waals surface area contributed by atoms with Gasteiger partial charge in [0.15, 0.2) is 0 Å². The smallest absolute Gasteiger partial charge is 0.138 e. The maximum Gasteiger partial charge on any atom is 0.138 e. The lowest BCUT2D eigenvalue weighted by atomic mass is 9.80. The van der Waals surface area contributed by atoms with E-state index in [4.69, 9.17) is 9.72 Å². The second kappa shape index (κ2) is 10.8. The van der Waals surface area contributed by atoms with Crippen molar-refractivity contribution in [2.75, 3.05) is 40.3 Å². The number of imidazole rings is 1. The van der Waals surface area contributed by atoms with E-state index in [0.717, 1.165) is 46.9 Å². The monoisotopic (exact) mass is 470 g/mol. The van der Waals surface area contributed by atoms with Crippen LogP contribution in [0, 0.1) is 5.92 Å². The van der Waals surface area contributed by atoms with Crippen molar-refractivity contribution in [3.05, 3.63) is 65.5 Å². The van der Waals surface area contributed by atoms with Gasteiger partial charge in [0.25, 0.3) is 0 Å². The van der Waals surface area contributed by atoms with Crippen molar-refractivity contribution in [1.82, 2.24) is 20.2 Å². The predicted molar refractivity (Wildman–Crippen MR) is 145 cm³/mol. The van der Waals surface area contributed by atoms with E-state index in [0.29, 0.717) is 11.8 Å². The molecule has 1 atom stereocenters. The number of allylic oxidation sites excluding steroid dienone is 1. The van der Waals surface area contributed by atoms with Gasteiger partial charge in [0.2, 0.25) is 0 Å². The Hall–Kier alpha value is -2.89. The average Bonchev–Trinajstić information content (AvgIpc) is 3.34. The number of aromatic nitrogens is 2. The molecule has 2 aromatic carbocycles. The minimum absolute atomic E-state index is 0.479. The van der Waals surface area contributed by atoms with Gasteiger partial charge < -0.3 is 19.9 Å². The summed E-state index contributed by atoms with van der Waals surface area (Å²) in [6.07, 6.45) is 7.32. The minimum atomic E-state index is 0.479. The molecule has 2 aliphatic rings. The van der Waals surface area contributed by atoms with Crippen LogP contribution >= 0.6 is 0 Å². The lowest BCUT2D eigenvalue weighted by Gasteiger charge is -2.34. The zero-order valence-electron chi connectivity index (χ0n) is 21.3. The van der Waals surface area contributed by atoms with E-state index in [1.165, 1.54) is 44.6 Å². The molecular weight excluding hydrogens is 432 g/mol. The maximum absolute atomic E-state index is 5.54. The molecule has 2 N–H and O–H groups in total. The Morgan fingerprint density at radius 2 is 1.80 bits per heavy atom. The van der Waals surface area contributed by atoms with Crippen molar-refractivity contribution in [3.63, 3.8) is 0 Å². The zero-order chi connectivity index (χ0) is 24.2. The third kappa shape index (κ3) is 5.21. The number of methoxy groups -OCH3 is 1. The van der Waals surface area contributed by atoms with E-state index >= 15 is 0 Å². The van der Waals surface area contributed by atoms with Crippen LogP contribution < -0.4 is 10.1 Å². The molecule has 1 fully saturated rings. The second-order valence-electron chi connectivity index (χ2n) is 10.1. The zero-order valence-corrected chi connectivity index (χ0v) is 21.3. The second-order valence-corrected chi connectivity index (χ2v) is 10.1. The standard InChI is InChI=1S/C30H38N4O/c1-21-19-25(22-13-17-34(18-14-22)16-6-15-31-2)20-27-29(21)33-30(32-27)24-11-9-23(10-12-24)26-7-4-5-8-28(26)35-3/h4-5,7-12,20-22,31H,6,13-19H2,1-3H3,(H,32,33). The van der Waals surface area contributed by atoms with Crippen LogP contribution in [-0.2, 0) is 0 Å². The molecule has 5 heteroatoms. The van der Waals surface area contributed by atoms with Crippen LogP contribution in [0.15, 0.2) is 54.1 Å². The number of aromatic amines is 1. The summed E-state index contributed by atoms with van der Waals surface area (Å²) in [6.45, 7) is 7.10. The number of fused-ring (bicyclic) bond motifs is 1. The molecule has 1 unspecified atom stereocenters. The number of piperidine rings is 1. The number of likely N-dealkylation sites (tertiary alicyclic amines) is 1. The molecule has 184 valence electrons. The van der Waals surface area contributed by atoms with Crippen LogP contribution in [0.4, 0.5) is 0 Å². The number of nitrogens with one attached hydrogen (secondary N) is 2. The van der Waals surface area contributed by atoms with Gasteiger partial charge >= 0.3 is 0 Å². The lowest BCUT2D eigenvalue weighted by molar-refractivity contribution is 0.195. The Bertz CT molecular complexity index is 1160. The Labute approximate surface area is 209 Å². The number of ether oxygens (including phenoxy) is 1. The van der Waals surface area contributed by atoms with Crippen molar-refractivity contribution in [2.24, 2.45) is 5.92 Å². The van der Waals surface area contributed by atoms with Gasteiger partial charge in [-0.25, -0.2) is 4.98 Å². The Morgan fingerprint density at radius 1 is 1.06 bits per heavy atom. The van der Waals surface area contributed by atoms with Crippen LogP contribution in [0.2, 0.25) is 0 Å². The van der Waals surface area contributed by atoms with E-state index in [2.05, 4.69) is 58.5 Å². The Morgan fingerprint density at radius 3 is 2.54 bits per heavy atom. The molecule has 1 aliphatic heterocycles. The van der Waals surface area contributed by atoms with Crippen LogP contribution in [0.25, 0.3) is 28.6 Å². The Kier molecular flexibility index (Phi) is 7.35. The molecule has 1 aromatic heterocycles. The predicted octanol–water partition coefficient (Wildman–Crippen LogP) is 5.96. The van der Waals surface area contributed by atoms with Gasteiger partial charge in [-0.15, -0.1) is 0 Å². The first-order valence-corrected chi connectivity index (χ1v) is 13.1. The third-order valence-electron chi connectivity index (χ3n) is 7.71. The van der Waals surface area contributed by atoms with Crippen LogP contribution in [-0.4, -0.2) is 55.2 Å². The fourth-order valence-corrected chi connectivity index (χ4v) is 5.69. The van der Waals surface area contributed by atoms with E-state index in [1.54, 1.807) is 12.7 Å². The molecule has 35 heavy (non-hydrogen) atoms. The average molecular weight is 471 g/mol. The number of benzene rings is 2. The van der Waals surface area contributed by atoms with Gasteiger partial charge in [0, 0.05) is 22.7 Å². The van der Waals surface area contributed by atoms with E-state index in [9.17, 15) is 0 Å². The summed E-state index contributed by atoms with van der Waals surface area (Å²) in [4.78, 5) is 11.3. The summed E-state index contributed by atoms with van der Waals surface area (Å²) < 4.78 is 5.54. The first kappa shape index (κ1) is 23.8. The summed E-state index contributed by atoms with van der Waals surface area (Å²) in [5.41, 5.74) is 7.39. The highest BCUT2D eigenvalue weighted by molar-refractivity contribution is 5.73. The molecule has 1 aliphatic carbocycles. The van der Waals surface area contributed by atoms with Crippen LogP contribution in [0.1, 0.15) is 49.9 Å². The maximum atomic E-state index is 5.54. The number of nitrogens with zero attached hydrogens (tertiary/aromatic N) is 2. The highest BCUT2D eigenvalue weighted by atomic mass is 16.5. The summed E-state index contributed by atoms with van der Waals surface area (Å²) >= 11 is 0. The largest absolute Gasteiger partial charge is 0.496 e. The van der Waals surface area contributed by atoms with Crippen LogP contribution in [0.3, 0.4) is 0 Å². The van der Waals surface area contributed by atoms with Gasteiger partial charge in [-0.2, -0.15) is 0 Å². The molecule has 5 nitrogen and oxygen atoms in total. The first-order chi connectivity index (χ1) is 17.2. The molecule has 3 aromatic rings. The van der Waals surface area contributed by atoms with Gasteiger partial charge in [0.05, 0.1) is 12.8 Å². The molecule has 2 heterocycles. The summed E-state index contributed by atoms with van der Waals surface area (Å²) in [5, 5.41) is 3.26. The van der Waals surface area contributed by atoms with Crippen molar-refractivity contribution < 1.29 is 4.74 Å². The molecule has 5 rings (SSSR count). The van der Waals surface area contributed by atoms with Crippen molar-refractivity contribution in [1.29, 1.82) is 0 Å². The number of H-pyrrole nitrogens is 1. The highest BCUT2D eigenvalue weighted by Gasteiger charge is 2.28. The SMILES string of the molecule is CNCCCN1CCC(C2=Cc3nc(-c4ccc(-c5ccccc5OC)cc4)[nH]c3C(C)C2)CC1. The number of para-hydroxylation sites is 1. The first-order valence-electron chi connectivity index (χ1n) is 13.1. The highest BCUT2D eigenvalue weighted by Crippen LogP contribution is 2.39. The fraction of sp³-hybridized carbons (Fsp3) is 0.433. The molecule has 0 saturated carbocycles. The van der Waals surface area contributed by atoms with Gasteiger partial charge in [0.1, 0.15) is 11.6 Å². The topological polar surface area (TPSA) is 53.2 Å². The van der Waals surface area contributed by atoms with Crippen molar-refractivity contribution >= 4 is 6.08 Å². The fourth-order valence-electron chi connectivity index (χ4n) is 5.69. The van der Waals surface area contributed by atoms with Crippen LogP contribution in [0.5, 0.6) is 5.75 Å². The van der Waals surface area contributed by atoms with Crippen molar-refractivity contribution in [2.45, 2.75) is 38.5 Å². The third-order valence-corrected chi connectivity index (χ3v) is 7.71. The van der Waals surface area contributed by atoms with Gasteiger partial charge in [-0.1, -0.05) is 55.0 Å². The number of hydrogen-bond donors (Lipinski definition) is 2. The summed E-state index contributed by atoms with van der Waals surface area (Å²) in [5.74, 6) is 3.04. The molecule has 1 saturated heterocycles. The normalized spacial score (nSPS) is 18.8. The minimum Gasteiger partial charge on any atom is -0.496 e. The van der Waals surface area contributed by atoms with Crippen molar-refractivity contribution in [3.8, 4) is 28.3 Å². The number of hydrogen-bond acceptors (Lipinski definition) is 4. The molecule has 0 radical (unpaired) electrons. The molecular formula is C30H38N4O. The van der Waals surface area contributed by atoms with E-state index in [1.807, 2.05) is 25.2 Å². The summed E-state index contributed by atoms with van der Waals surface area (Å²) in [7, 11) is 3.76. The quantitative estimate of drug-likeness (QED) is 0.399. The molecule has 0 bridgehead atoms. The number of rotatable bonds is 8.